The van der Waals surface area contributed by atoms with E-state index in [1.165, 1.54) is 0 Å². The molecule has 0 unspecified atom stereocenters. The van der Waals surface area contributed by atoms with Gasteiger partial charge in [0.2, 0.25) is 0 Å². The number of benzene rings is 2. The minimum Gasteiger partial charge on any atom is -0.493 e. The van der Waals surface area contributed by atoms with Gasteiger partial charge < -0.3 is 14.4 Å². The van der Waals surface area contributed by atoms with Gasteiger partial charge in [-0.15, -0.1) is 0 Å². The van der Waals surface area contributed by atoms with E-state index in [9.17, 15) is 0 Å². The van der Waals surface area contributed by atoms with Crippen LogP contribution in [0.1, 0.15) is 11.1 Å². The Morgan fingerprint density at radius 3 is 2.59 bits per heavy atom. The molecule has 22 heavy (non-hydrogen) atoms. The van der Waals surface area contributed by atoms with Gasteiger partial charge in [0.05, 0.1) is 13.7 Å². The van der Waals surface area contributed by atoms with Crippen LogP contribution in [0.4, 0.5) is 0 Å². The largest absolute Gasteiger partial charge is 0.493 e. The van der Waals surface area contributed by atoms with Crippen molar-refractivity contribution < 1.29 is 9.47 Å². The lowest BCUT2D eigenvalue weighted by atomic mass is 10.1. The fraction of sp³-hybridized carbons (Fsp3) is 0.278. The predicted octanol–water partition coefficient (Wildman–Crippen LogP) is 2.97. The average molecular weight is 296 g/mol. The molecule has 1 aliphatic rings. The molecular formula is C18H20N2O2. The molecule has 0 amide bonds. The first-order chi connectivity index (χ1) is 10.8. The molecule has 0 atom stereocenters. The van der Waals surface area contributed by atoms with E-state index in [1.54, 1.807) is 7.11 Å². The highest BCUT2D eigenvalue weighted by atomic mass is 16.5. The SMILES string of the molecule is COc1cc(C2=NCCN2C)ccc1OCc1ccccc1. The zero-order valence-electron chi connectivity index (χ0n) is 13.0. The highest BCUT2D eigenvalue weighted by molar-refractivity contribution is 6.00. The summed E-state index contributed by atoms with van der Waals surface area (Å²) in [4.78, 5) is 6.68. The van der Waals surface area contributed by atoms with Crippen molar-refractivity contribution in [2.45, 2.75) is 6.61 Å². The Kier molecular flexibility index (Phi) is 4.28. The minimum atomic E-state index is 0.525. The van der Waals surface area contributed by atoms with E-state index < -0.39 is 0 Å². The van der Waals surface area contributed by atoms with Gasteiger partial charge in [0, 0.05) is 19.2 Å². The summed E-state index contributed by atoms with van der Waals surface area (Å²) in [5.41, 5.74) is 2.19. The number of ether oxygens (including phenoxy) is 2. The van der Waals surface area contributed by atoms with Crippen molar-refractivity contribution in [2.24, 2.45) is 4.99 Å². The Balaban J connectivity index is 1.77. The summed E-state index contributed by atoms with van der Waals surface area (Å²) in [6.07, 6.45) is 0. The van der Waals surface area contributed by atoms with E-state index in [0.717, 1.165) is 41.6 Å². The first kappa shape index (κ1) is 14.4. The van der Waals surface area contributed by atoms with E-state index in [1.807, 2.05) is 48.5 Å². The molecular weight excluding hydrogens is 276 g/mol. The number of hydrogen-bond donors (Lipinski definition) is 0. The van der Waals surface area contributed by atoms with Crippen LogP contribution in [0.15, 0.2) is 53.5 Å². The van der Waals surface area contributed by atoms with Gasteiger partial charge in [-0.1, -0.05) is 30.3 Å². The highest BCUT2D eigenvalue weighted by Gasteiger charge is 2.16. The summed E-state index contributed by atoms with van der Waals surface area (Å²) >= 11 is 0. The summed E-state index contributed by atoms with van der Waals surface area (Å²) in [5.74, 6) is 2.49. The van der Waals surface area contributed by atoms with Gasteiger partial charge in [-0.3, -0.25) is 4.99 Å². The van der Waals surface area contributed by atoms with E-state index in [-0.39, 0.29) is 0 Å². The maximum absolute atomic E-state index is 5.88. The van der Waals surface area contributed by atoms with E-state index in [4.69, 9.17) is 9.47 Å². The third-order valence-corrected chi connectivity index (χ3v) is 3.72. The van der Waals surface area contributed by atoms with Crippen LogP contribution in [-0.4, -0.2) is 38.0 Å². The molecule has 114 valence electrons. The molecule has 0 radical (unpaired) electrons. The predicted molar refractivity (Wildman–Crippen MR) is 87.8 cm³/mol. The maximum atomic E-state index is 5.88. The van der Waals surface area contributed by atoms with Crippen molar-refractivity contribution in [3.05, 3.63) is 59.7 Å². The normalized spacial score (nSPS) is 13.9. The van der Waals surface area contributed by atoms with Crippen LogP contribution in [0, 0.1) is 0 Å². The quantitative estimate of drug-likeness (QED) is 0.850. The maximum Gasteiger partial charge on any atom is 0.161 e. The Bertz CT molecular complexity index is 668. The smallest absolute Gasteiger partial charge is 0.161 e. The molecule has 0 saturated carbocycles. The van der Waals surface area contributed by atoms with Crippen LogP contribution in [0.5, 0.6) is 11.5 Å². The van der Waals surface area contributed by atoms with Crippen LogP contribution in [0.25, 0.3) is 0 Å². The molecule has 0 aliphatic carbocycles. The van der Waals surface area contributed by atoms with E-state index >= 15 is 0 Å². The second kappa shape index (κ2) is 6.52. The third-order valence-electron chi connectivity index (χ3n) is 3.72. The molecule has 1 heterocycles. The Hall–Kier alpha value is -2.49. The molecule has 2 aromatic rings. The van der Waals surface area contributed by atoms with E-state index in [2.05, 4.69) is 16.9 Å². The topological polar surface area (TPSA) is 34.1 Å². The fourth-order valence-corrected chi connectivity index (χ4v) is 2.51. The van der Waals surface area contributed by atoms with Crippen molar-refractivity contribution >= 4 is 5.84 Å². The van der Waals surface area contributed by atoms with Crippen LogP contribution in [0.2, 0.25) is 0 Å². The van der Waals surface area contributed by atoms with Crippen LogP contribution in [0.3, 0.4) is 0 Å². The van der Waals surface area contributed by atoms with Crippen LogP contribution in [-0.2, 0) is 6.61 Å². The third kappa shape index (κ3) is 3.06. The first-order valence-electron chi connectivity index (χ1n) is 7.38. The van der Waals surface area contributed by atoms with Gasteiger partial charge >= 0.3 is 0 Å². The van der Waals surface area contributed by atoms with Crippen molar-refractivity contribution in [3.8, 4) is 11.5 Å². The summed E-state index contributed by atoms with van der Waals surface area (Å²) < 4.78 is 11.4. The van der Waals surface area contributed by atoms with E-state index in [0.29, 0.717) is 6.61 Å². The number of likely N-dealkylation sites (N-methyl/N-ethyl adjacent to an activating group) is 1. The lowest BCUT2D eigenvalue weighted by molar-refractivity contribution is 0.284. The molecule has 0 N–H and O–H groups in total. The summed E-state index contributed by atoms with van der Waals surface area (Å²) in [6.45, 7) is 2.34. The lowest BCUT2D eigenvalue weighted by Crippen LogP contribution is -2.23. The van der Waals surface area contributed by atoms with Gasteiger partial charge in [-0.05, 0) is 23.8 Å². The van der Waals surface area contributed by atoms with Crippen molar-refractivity contribution in [1.29, 1.82) is 0 Å². The number of aliphatic imine (C=N–C) groups is 1. The highest BCUT2D eigenvalue weighted by Crippen LogP contribution is 2.29. The van der Waals surface area contributed by atoms with Gasteiger partial charge in [0.15, 0.2) is 11.5 Å². The molecule has 0 saturated heterocycles. The van der Waals surface area contributed by atoms with Gasteiger partial charge in [-0.25, -0.2) is 0 Å². The number of methoxy groups -OCH3 is 1. The molecule has 4 nitrogen and oxygen atoms in total. The molecule has 4 heteroatoms. The summed E-state index contributed by atoms with van der Waals surface area (Å²) in [7, 11) is 3.72. The number of amidine groups is 1. The second-order valence-corrected chi connectivity index (χ2v) is 5.27. The van der Waals surface area contributed by atoms with Crippen LogP contribution >= 0.6 is 0 Å². The number of rotatable bonds is 5. The number of hydrogen-bond acceptors (Lipinski definition) is 4. The molecule has 0 spiro atoms. The monoisotopic (exact) mass is 296 g/mol. The fourth-order valence-electron chi connectivity index (χ4n) is 2.51. The van der Waals surface area contributed by atoms with Crippen molar-refractivity contribution in [2.75, 3.05) is 27.2 Å². The minimum absolute atomic E-state index is 0.525. The molecule has 0 fully saturated rings. The van der Waals surface area contributed by atoms with Crippen molar-refractivity contribution in [1.82, 2.24) is 4.90 Å². The van der Waals surface area contributed by atoms with Crippen LogP contribution < -0.4 is 9.47 Å². The van der Waals surface area contributed by atoms with Gasteiger partial charge in [0.1, 0.15) is 12.4 Å². The standard InChI is InChI=1S/C18H20N2O2/c1-20-11-10-19-18(20)15-8-9-16(17(12-15)21-2)22-13-14-6-4-3-5-7-14/h3-9,12H,10-11,13H2,1-2H3. The molecule has 3 rings (SSSR count). The first-order valence-corrected chi connectivity index (χ1v) is 7.38. The summed E-state index contributed by atoms with van der Waals surface area (Å²) in [6, 6.07) is 16.1. The Labute approximate surface area is 131 Å². The number of nitrogens with zero attached hydrogens (tertiary/aromatic N) is 2. The summed E-state index contributed by atoms with van der Waals surface area (Å²) in [5, 5.41) is 0. The second-order valence-electron chi connectivity index (χ2n) is 5.27. The molecule has 2 aromatic carbocycles. The Morgan fingerprint density at radius 1 is 1.09 bits per heavy atom. The molecule has 0 bridgehead atoms. The average Bonchev–Trinajstić information content (AvgIpc) is 3.00. The molecule has 0 aromatic heterocycles. The molecule has 1 aliphatic heterocycles. The van der Waals surface area contributed by atoms with Crippen molar-refractivity contribution in [3.63, 3.8) is 0 Å². The lowest BCUT2D eigenvalue weighted by Gasteiger charge is -2.16. The van der Waals surface area contributed by atoms with Gasteiger partial charge in [-0.2, -0.15) is 0 Å². The zero-order valence-corrected chi connectivity index (χ0v) is 13.0. The zero-order chi connectivity index (χ0) is 15.4. The Morgan fingerprint density at radius 2 is 1.91 bits per heavy atom. The van der Waals surface area contributed by atoms with Gasteiger partial charge in [0.25, 0.3) is 0 Å².